The number of hydrogen-bond acceptors (Lipinski definition) is 5. The molecule has 4 aromatic rings. The van der Waals surface area contributed by atoms with E-state index < -0.39 is 11.1 Å². The lowest BCUT2D eigenvalue weighted by Crippen LogP contribution is -2.29. The van der Waals surface area contributed by atoms with E-state index in [1.807, 2.05) is 19.1 Å². The number of nitrogens with one attached hydrogen (secondary N) is 3. The largest absolute Gasteiger partial charge is 0.322 e. The van der Waals surface area contributed by atoms with E-state index >= 15 is 0 Å². The Morgan fingerprint density at radius 1 is 1.04 bits per heavy atom. The average Bonchev–Trinajstić information content (AvgIpc) is 2.94. The van der Waals surface area contributed by atoms with Gasteiger partial charge in [-0.1, -0.05) is 0 Å². The number of aromatic amines is 2. The highest BCUT2D eigenvalue weighted by Crippen LogP contribution is 2.25. The van der Waals surface area contributed by atoms with Gasteiger partial charge in [-0.25, -0.2) is 4.98 Å². The number of hydrogen-bond donors (Lipinski definition) is 3. The minimum absolute atomic E-state index is 0.311. The van der Waals surface area contributed by atoms with Crippen molar-refractivity contribution in [3.63, 3.8) is 0 Å². The van der Waals surface area contributed by atoms with E-state index in [1.165, 1.54) is 6.07 Å². The molecular formula is C17H12N4O3S. The minimum atomic E-state index is -0.754. The Hall–Kier alpha value is -3.26. The average molecular weight is 352 g/mol. The summed E-state index contributed by atoms with van der Waals surface area (Å²) in [6.45, 7) is 1.93. The van der Waals surface area contributed by atoms with Crippen LogP contribution in [-0.4, -0.2) is 20.9 Å². The predicted octanol–water partition coefficient (Wildman–Crippen LogP) is 2.39. The highest BCUT2D eigenvalue weighted by Gasteiger charge is 2.10. The smallest absolute Gasteiger partial charge is 0.314 e. The zero-order valence-corrected chi connectivity index (χ0v) is 13.9. The molecule has 7 nitrogen and oxygen atoms in total. The lowest BCUT2D eigenvalue weighted by atomic mass is 10.1. The van der Waals surface area contributed by atoms with Gasteiger partial charge in [0.15, 0.2) is 0 Å². The van der Waals surface area contributed by atoms with E-state index in [-0.39, 0.29) is 5.91 Å². The molecule has 124 valence electrons. The maximum absolute atomic E-state index is 12.5. The number of thiazole rings is 1. The van der Waals surface area contributed by atoms with Crippen LogP contribution >= 0.6 is 11.3 Å². The second-order valence-corrected chi connectivity index (χ2v) is 6.77. The van der Waals surface area contributed by atoms with Gasteiger partial charge in [-0.3, -0.25) is 14.4 Å². The molecule has 0 saturated carbocycles. The molecule has 0 saturated heterocycles. The zero-order chi connectivity index (χ0) is 17.6. The maximum Gasteiger partial charge on any atom is 0.314 e. The van der Waals surface area contributed by atoms with Gasteiger partial charge in [0, 0.05) is 11.3 Å². The fraction of sp³-hybridized carbons (Fsp3) is 0.0588. The molecule has 0 bridgehead atoms. The van der Waals surface area contributed by atoms with Crippen molar-refractivity contribution in [2.75, 3.05) is 5.32 Å². The Labute approximate surface area is 144 Å². The lowest BCUT2D eigenvalue weighted by molar-refractivity contribution is 0.102. The molecule has 0 atom stereocenters. The van der Waals surface area contributed by atoms with Crippen LogP contribution in [0.4, 0.5) is 5.69 Å². The van der Waals surface area contributed by atoms with Gasteiger partial charge in [-0.2, -0.15) is 0 Å². The summed E-state index contributed by atoms with van der Waals surface area (Å²) < 4.78 is 0.996. The standard InChI is InChI=1S/C17H12N4O3S/c1-8-18-12-5-3-10(7-14(12)25-8)19-15(22)9-2-4-11-13(6-9)21-17(24)16(23)20-11/h2-7H,1H3,(H,19,22)(H,20,23)(H,21,24). The van der Waals surface area contributed by atoms with Crippen molar-refractivity contribution >= 4 is 44.2 Å². The number of aromatic nitrogens is 3. The van der Waals surface area contributed by atoms with E-state index in [0.717, 1.165) is 15.2 Å². The molecule has 0 unspecified atom stereocenters. The molecule has 4 rings (SSSR count). The van der Waals surface area contributed by atoms with Crippen LogP contribution in [0.3, 0.4) is 0 Å². The Kier molecular flexibility index (Phi) is 3.47. The number of nitrogens with zero attached hydrogens (tertiary/aromatic N) is 1. The van der Waals surface area contributed by atoms with Crippen molar-refractivity contribution in [3.05, 3.63) is 67.7 Å². The molecule has 2 aromatic carbocycles. The van der Waals surface area contributed by atoms with Crippen LogP contribution < -0.4 is 16.4 Å². The van der Waals surface area contributed by atoms with Crippen molar-refractivity contribution in [1.29, 1.82) is 0 Å². The molecule has 0 radical (unpaired) electrons. The third kappa shape index (κ3) is 2.83. The van der Waals surface area contributed by atoms with E-state index in [0.29, 0.717) is 22.3 Å². The van der Waals surface area contributed by atoms with E-state index in [9.17, 15) is 14.4 Å². The second kappa shape index (κ2) is 5.67. The highest BCUT2D eigenvalue weighted by molar-refractivity contribution is 7.18. The van der Waals surface area contributed by atoms with Gasteiger partial charge in [0.25, 0.3) is 5.91 Å². The number of rotatable bonds is 2. The summed E-state index contributed by atoms with van der Waals surface area (Å²) in [5, 5.41) is 3.79. The monoisotopic (exact) mass is 352 g/mol. The first-order valence-corrected chi connectivity index (χ1v) is 8.26. The van der Waals surface area contributed by atoms with Gasteiger partial charge < -0.3 is 15.3 Å². The molecule has 0 aliphatic rings. The molecule has 0 aliphatic carbocycles. The quantitative estimate of drug-likeness (QED) is 0.481. The van der Waals surface area contributed by atoms with E-state index in [1.54, 1.807) is 29.5 Å². The van der Waals surface area contributed by atoms with Crippen LogP contribution in [0.25, 0.3) is 21.3 Å². The molecule has 0 spiro atoms. The summed E-state index contributed by atoms with van der Waals surface area (Å²) in [6, 6.07) is 10.2. The summed E-state index contributed by atoms with van der Waals surface area (Å²) in [5.41, 5.74) is 1.31. The number of fused-ring (bicyclic) bond motifs is 2. The highest BCUT2D eigenvalue weighted by atomic mass is 32.1. The Balaban J connectivity index is 1.67. The van der Waals surface area contributed by atoms with Gasteiger partial charge in [-0.05, 0) is 43.3 Å². The third-order valence-corrected chi connectivity index (χ3v) is 4.67. The summed E-state index contributed by atoms with van der Waals surface area (Å²) in [5.74, 6) is -0.311. The summed E-state index contributed by atoms with van der Waals surface area (Å²) in [6.07, 6.45) is 0. The van der Waals surface area contributed by atoms with Gasteiger partial charge in [0.1, 0.15) is 0 Å². The second-order valence-electron chi connectivity index (χ2n) is 5.54. The van der Waals surface area contributed by atoms with Gasteiger partial charge in [-0.15, -0.1) is 11.3 Å². The molecule has 3 N–H and O–H groups in total. The zero-order valence-electron chi connectivity index (χ0n) is 13.0. The van der Waals surface area contributed by atoms with Crippen LogP contribution in [0.15, 0.2) is 46.0 Å². The van der Waals surface area contributed by atoms with Crippen molar-refractivity contribution in [2.24, 2.45) is 0 Å². The van der Waals surface area contributed by atoms with Crippen LogP contribution in [0.5, 0.6) is 0 Å². The molecule has 25 heavy (non-hydrogen) atoms. The molecule has 2 heterocycles. The summed E-state index contributed by atoms with van der Waals surface area (Å²) >= 11 is 1.56. The number of benzene rings is 2. The SMILES string of the molecule is Cc1nc2ccc(NC(=O)c3ccc4[nH]c(=O)c(=O)[nH]c4c3)cc2s1. The molecule has 0 aliphatic heterocycles. The van der Waals surface area contributed by atoms with Crippen LogP contribution in [0.2, 0.25) is 0 Å². The summed E-state index contributed by atoms with van der Waals surface area (Å²) in [4.78, 5) is 44.5. The molecule has 1 amide bonds. The van der Waals surface area contributed by atoms with Crippen LogP contribution in [0, 0.1) is 6.92 Å². The summed E-state index contributed by atoms with van der Waals surface area (Å²) in [7, 11) is 0. The number of H-pyrrole nitrogens is 2. The first-order valence-electron chi connectivity index (χ1n) is 7.44. The molecule has 8 heteroatoms. The Morgan fingerprint density at radius 3 is 2.60 bits per heavy atom. The third-order valence-electron chi connectivity index (χ3n) is 3.74. The predicted molar refractivity (Wildman–Crippen MR) is 97.5 cm³/mol. The number of carbonyl (C=O) groups is 1. The van der Waals surface area contributed by atoms with Crippen LogP contribution in [0.1, 0.15) is 15.4 Å². The van der Waals surface area contributed by atoms with Crippen molar-refractivity contribution < 1.29 is 4.79 Å². The van der Waals surface area contributed by atoms with Gasteiger partial charge >= 0.3 is 11.1 Å². The number of anilines is 1. The minimum Gasteiger partial charge on any atom is -0.322 e. The lowest BCUT2D eigenvalue weighted by Gasteiger charge is -2.06. The molecular weight excluding hydrogens is 340 g/mol. The fourth-order valence-electron chi connectivity index (χ4n) is 2.58. The van der Waals surface area contributed by atoms with Crippen molar-refractivity contribution in [3.8, 4) is 0 Å². The maximum atomic E-state index is 12.5. The Bertz CT molecular complexity index is 1250. The number of aryl methyl sites for hydroxylation is 1. The van der Waals surface area contributed by atoms with Crippen molar-refractivity contribution in [2.45, 2.75) is 6.92 Å². The van der Waals surface area contributed by atoms with Crippen molar-refractivity contribution in [1.82, 2.24) is 15.0 Å². The van der Waals surface area contributed by atoms with Gasteiger partial charge in [0.2, 0.25) is 0 Å². The number of amides is 1. The van der Waals surface area contributed by atoms with E-state index in [2.05, 4.69) is 20.3 Å². The van der Waals surface area contributed by atoms with Gasteiger partial charge in [0.05, 0.1) is 26.3 Å². The molecule has 2 aromatic heterocycles. The first kappa shape index (κ1) is 15.3. The van der Waals surface area contributed by atoms with Crippen LogP contribution in [-0.2, 0) is 0 Å². The Morgan fingerprint density at radius 2 is 1.80 bits per heavy atom. The topological polar surface area (TPSA) is 108 Å². The fourth-order valence-corrected chi connectivity index (χ4v) is 3.44. The number of carbonyl (C=O) groups excluding carboxylic acids is 1. The normalized spacial score (nSPS) is 11.1. The van der Waals surface area contributed by atoms with E-state index in [4.69, 9.17) is 0 Å². The first-order chi connectivity index (χ1) is 12.0. The molecule has 0 fully saturated rings.